The normalized spacial score (nSPS) is 10.9. The molecule has 0 unspecified atom stereocenters. The Kier molecular flexibility index (Phi) is 4.30. The molecule has 0 fully saturated rings. The first-order chi connectivity index (χ1) is 8.73. The summed E-state index contributed by atoms with van der Waals surface area (Å²) in [5.74, 6) is -1.47. The zero-order chi connectivity index (χ0) is 14.6. The highest BCUT2D eigenvalue weighted by atomic mass is 19.4. The number of carbonyl (C=O) groups is 1. The van der Waals surface area contributed by atoms with Crippen molar-refractivity contribution < 1.29 is 32.4 Å². The summed E-state index contributed by atoms with van der Waals surface area (Å²) in [7, 11) is 1.09. The molecule has 1 aromatic rings. The summed E-state index contributed by atoms with van der Waals surface area (Å²) < 4.78 is 43.8. The van der Waals surface area contributed by atoms with Crippen molar-refractivity contribution >= 4 is 11.7 Å². The molecule has 1 aromatic carbocycles. The van der Waals surface area contributed by atoms with E-state index < -0.39 is 35.1 Å². The number of hydrogen-bond acceptors (Lipinski definition) is 5. The quantitative estimate of drug-likeness (QED) is 0.479. The molecule has 0 spiro atoms. The largest absolute Gasteiger partial charge is 0.573 e. The lowest BCUT2D eigenvalue weighted by atomic mass is 10.1. The fraction of sp³-hybridized carbons (Fsp3) is 0.300. The molecule has 0 bridgehead atoms. The number of methoxy groups -OCH3 is 1. The van der Waals surface area contributed by atoms with Gasteiger partial charge in [0.2, 0.25) is 0 Å². The van der Waals surface area contributed by atoms with E-state index in [0.29, 0.717) is 6.07 Å². The van der Waals surface area contributed by atoms with Crippen molar-refractivity contribution in [2.75, 3.05) is 7.11 Å². The second kappa shape index (κ2) is 5.55. The molecule has 0 aliphatic carbocycles. The highest BCUT2D eigenvalue weighted by Crippen LogP contribution is 2.29. The van der Waals surface area contributed by atoms with Crippen LogP contribution in [0.25, 0.3) is 0 Å². The lowest BCUT2D eigenvalue weighted by Crippen LogP contribution is -2.17. The number of alkyl halides is 3. The van der Waals surface area contributed by atoms with Gasteiger partial charge in [0.15, 0.2) is 0 Å². The average molecular weight is 279 g/mol. The number of hydrogen-bond donors (Lipinski definition) is 0. The summed E-state index contributed by atoms with van der Waals surface area (Å²) in [5, 5.41) is 10.7. The number of nitro groups is 1. The van der Waals surface area contributed by atoms with Crippen molar-refractivity contribution in [3.05, 3.63) is 33.9 Å². The SMILES string of the molecule is COC(=O)Cc1ccc(OC(F)(F)F)cc1[N+](=O)[O-]. The summed E-state index contributed by atoms with van der Waals surface area (Å²) in [5.41, 5.74) is -0.710. The summed E-state index contributed by atoms with van der Waals surface area (Å²) in [6.07, 6.45) is -5.36. The molecule has 9 heteroatoms. The molecule has 0 saturated carbocycles. The summed E-state index contributed by atoms with van der Waals surface area (Å²) in [6.45, 7) is 0. The maximum atomic E-state index is 12.0. The van der Waals surface area contributed by atoms with Gasteiger partial charge in [0, 0.05) is 5.56 Å². The minimum absolute atomic E-state index is 0.0635. The Morgan fingerprint density at radius 2 is 2.05 bits per heavy atom. The highest BCUT2D eigenvalue weighted by molar-refractivity contribution is 5.74. The van der Waals surface area contributed by atoms with Crippen LogP contribution in [0.3, 0.4) is 0 Å². The van der Waals surface area contributed by atoms with Gasteiger partial charge in [0.1, 0.15) is 5.75 Å². The van der Waals surface area contributed by atoms with Gasteiger partial charge in [-0.15, -0.1) is 13.2 Å². The van der Waals surface area contributed by atoms with Gasteiger partial charge in [0.25, 0.3) is 5.69 Å². The predicted octanol–water partition coefficient (Wildman–Crippen LogP) is 2.21. The maximum Gasteiger partial charge on any atom is 0.573 e. The second-order valence-corrected chi connectivity index (χ2v) is 3.35. The van der Waals surface area contributed by atoms with Crippen LogP contribution in [-0.4, -0.2) is 24.4 Å². The minimum atomic E-state index is -4.95. The van der Waals surface area contributed by atoms with E-state index in [-0.39, 0.29) is 5.56 Å². The maximum absolute atomic E-state index is 12.0. The Hall–Kier alpha value is -2.32. The summed E-state index contributed by atoms with van der Waals surface area (Å²) >= 11 is 0. The minimum Gasteiger partial charge on any atom is -0.469 e. The Balaban J connectivity index is 3.08. The molecule has 0 aliphatic rings. The fourth-order valence-corrected chi connectivity index (χ4v) is 1.29. The smallest absolute Gasteiger partial charge is 0.469 e. The Labute approximate surface area is 104 Å². The zero-order valence-corrected chi connectivity index (χ0v) is 9.56. The number of halogens is 3. The Morgan fingerprint density at radius 1 is 1.42 bits per heavy atom. The molecular formula is C10H8F3NO5. The van der Waals surface area contributed by atoms with Crippen LogP contribution in [0.2, 0.25) is 0 Å². The van der Waals surface area contributed by atoms with Crippen molar-refractivity contribution in [1.29, 1.82) is 0 Å². The molecule has 0 amide bonds. The zero-order valence-electron chi connectivity index (χ0n) is 9.56. The number of carbonyl (C=O) groups excluding carboxylic acids is 1. The van der Waals surface area contributed by atoms with E-state index in [1.165, 1.54) is 0 Å². The monoisotopic (exact) mass is 279 g/mol. The molecule has 0 radical (unpaired) electrons. The molecule has 0 heterocycles. The van der Waals surface area contributed by atoms with Crippen LogP contribution in [0.15, 0.2) is 18.2 Å². The van der Waals surface area contributed by atoms with Crippen LogP contribution >= 0.6 is 0 Å². The van der Waals surface area contributed by atoms with Crippen molar-refractivity contribution in [3.63, 3.8) is 0 Å². The van der Waals surface area contributed by atoms with E-state index in [2.05, 4.69) is 9.47 Å². The van der Waals surface area contributed by atoms with Crippen LogP contribution < -0.4 is 4.74 Å². The predicted molar refractivity (Wildman–Crippen MR) is 55.5 cm³/mol. The van der Waals surface area contributed by atoms with Gasteiger partial charge in [-0.3, -0.25) is 14.9 Å². The summed E-state index contributed by atoms with van der Waals surface area (Å²) in [6, 6.07) is 2.50. The van der Waals surface area contributed by atoms with Gasteiger partial charge in [0.05, 0.1) is 24.5 Å². The van der Waals surface area contributed by atoms with Crippen LogP contribution in [0, 0.1) is 10.1 Å². The molecule has 104 valence electrons. The van der Waals surface area contributed by atoms with E-state index in [4.69, 9.17) is 0 Å². The molecule has 0 aromatic heterocycles. The van der Waals surface area contributed by atoms with Crippen molar-refractivity contribution in [1.82, 2.24) is 0 Å². The molecule has 0 saturated heterocycles. The number of benzene rings is 1. The third-order valence-electron chi connectivity index (χ3n) is 2.05. The number of esters is 1. The molecular weight excluding hydrogens is 271 g/mol. The van der Waals surface area contributed by atoms with Crippen LogP contribution in [0.4, 0.5) is 18.9 Å². The summed E-state index contributed by atoms with van der Waals surface area (Å²) in [4.78, 5) is 20.8. The van der Waals surface area contributed by atoms with Crippen molar-refractivity contribution in [2.24, 2.45) is 0 Å². The van der Waals surface area contributed by atoms with Gasteiger partial charge in [-0.2, -0.15) is 0 Å². The van der Waals surface area contributed by atoms with E-state index in [1.54, 1.807) is 0 Å². The second-order valence-electron chi connectivity index (χ2n) is 3.35. The topological polar surface area (TPSA) is 78.7 Å². The van der Waals surface area contributed by atoms with Gasteiger partial charge in [-0.1, -0.05) is 0 Å². The fourth-order valence-electron chi connectivity index (χ4n) is 1.29. The molecule has 0 N–H and O–H groups in total. The highest BCUT2D eigenvalue weighted by Gasteiger charge is 2.32. The third kappa shape index (κ3) is 4.45. The van der Waals surface area contributed by atoms with Gasteiger partial charge in [-0.05, 0) is 12.1 Å². The molecule has 6 nitrogen and oxygen atoms in total. The molecule has 1 rings (SSSR count). The number of nitro benzene ring substituents is 1. The molecule has 0 aliphatic heterocycles. The van der Waals surface area contributed by atoms with E-state index >= 15 is 0 Å². The average Bonchev–Trinajstić information content (AvgIpc) is 2.28. The number of rotatable bonds is 4. The first kappa shape index (κ1) is 14.7. The van der Waals surface area contributed by atoms with E-state index in [0.717, 1.165) is 19.2 Å². The Morgan fingerprint density at radius 3 is 2.53 bits per heavy atom. The molecule has 0 atom stereocenters. The van der Waals surface area contributed by atoms with E-state index in [9.17, 15) is 28.1 Å². The Bertz CT molecular complexity index is 500. The van der Waals surface area contributed by atoms with Crippen LogP contribution in [0.5, 0.6) is 5.75 Å². The number of ether oxygens (including phenoxy) is 2. The standard InChI is InChI=1S/C10H8F3NO5/c1-18-9(15)4-6-2-3-7(19-10(11,12)13)5-8(6)14(16)17/h2-3,5H,4H2,1H3. The number of nitrogens with zero attached hydrogens (tertiary/aromatic N) is 1. The van der Waals surface area contributed by atoms with Crippen molar-refractivity contribution in [3.8, 4) is 5.75 Å². The molecule has 19 heavy (non-hydrogen) atoms. The van der Waals surface area contributed by atoms with Crippen LogP contribution in [0.1, 0.15) is 5.56 Å². The van der Waals surface area contributed by atoms with E-state index in [1.807, 2.05) is 0 Å². The van der Waals surface area contributed by atoms with Crippen molar-refractivity contribution in [2.45, 2.75) is 12.8 Å². The third-order valence-corrected chi connectivity index (χ3v) is 2.05. The van der Waals surface area contributed by atoms with Gasteiger partial charge in [-0.25, -0.2) is 0 Å². The van der Waals surface area contributed by atoms with Gasteiger partial charge < -0.3 is 9.47 Å². The van der Waals surface area contributed by atoms with Gasteiger partial charge >= 0.3 is 12.3 Å². The lowest BCUT2D eigenvalue weighted by Gasteiger charge is -2.09. The van der Waals surface area contributed by atoms with Crippen LogP contribution in [-0.2, 0) is 16.0 Å². The first-order valence-electron chi connectivity index (χ1n) is 4.83. The lowest BCUT2D eigenvalue weighted by molar-refractivity contribution is -0.385. The first-order valence-corrected chi connectivity index (χ1v) is 4.83.